The van der Waals surface area contributed by atoms with Gasteiger partial charge in [0.05, 0.1) is 12.3 Å². The van der Waals surface area contributed by atoms with Crippen LogP contribution >= 0.6 is 0 Å². The van der Waals surface area contributed by atoms with Crippen LogP contribution in [0.25, 0.3) is 0 Å². The Bertz CT molecular complexity index is 541. The van der Waals surface area contributed by atoms with Crippen LogP contribution in [0.5, 0.6) is 0 Å². The highest BCUT2D eigenvalue weighted by molar-refractivity contribution is 5.79. The van der Waals surface area contributed by atoms with Gasteiger partial charge in [0.2, 0.25) is 0 Å². The lowest BCUT2D eigenvalue weighted by Gasteiger charge is -2.10. The van der Waals surface area contributed by atoms with Crippen LogP contribution in [-0.2, 0) is 16.1 Å². The summed E-state index contributed by atoms with van der Waals surface area (Å²) in [5.41, 5.74) is 0.955. The lowest BCUT2D eigenvalue weighted by molar-refractivity contribution is -0.143. The molecular formula is C19H34N4O3. The number of ether oxygens (including phenoxy) is 1. The smallest absolute Gasteiger partial charge is 0.305 e. The minimum absolute atomic E-state index is 0.0970. The Kier molecular flexibility index (Phi) is 11.2. The van der Waals surface area contributed by atoms with Crippen molar-refractivity contribution in [2.75, 3.05) is 19.7 Å². The Balaban J connectivity index is 2.24. The summed E-state index contributed by atoms with van der Waals surface area (Å²) >= 11 is 0. The average Bonchev–Trinajstić information content (AvgIpc) is 3.08. The molecule has 0 bridgehead atoms. The van der Waals surface area contributed by atoms with E-state index in [0.717, 1.165) is 56.2 Å². The molecule has 1 aromatic heterocycles. The minimum Gasteiger partial charge on any atom is -0.466 e. The second kappa shape index (κ2) is 13.2. The van der Waals surface area contributed by atoms with Crippen LogP contribution in [0, 0.1) is 0 Å². The number of nitrogens with one attached hydrogen (secondary N) is 2. The van der Waals surface area contributed by atoms with Gasteiger partial charge in [-0.15, -0.1) is 0 Å². The predicted octanol–water partition coefficient (Wildman–Crippen LogP) is 3.37. The summed E-state index contributed by atoms with van der Waals surface area (Å²) in [4.78, 5) is 15.8. The normalized spacial score (nSPS) is 11.7. The SMILES string of the molecule is CCNC(=NCc1cc(C(C)C)no1)NCCCCCCC(=O)OCC. The van der Waals surface area contributed by atoms with Gasteiger partial charge in [-0.2, -0.15) is 0 Å². The zero-order valence-corrected chi connectivity index (χ0v) is 16.6. The Morgan fingerprint density at radius 2 is 2.00 bits per heavy atom. The van der Waals surface area contributed by atoms with Crippen molar-refractivity contribution in [3.8, 4) is 0 Å². The molecule has 0 unspecified atom stereocenters. The summed E-state index contributed by atoms with van der Waals surface area (Å²) in [5, 5.41) is 10.6. The van der Waals surface area contributed by atoms with E-state index in [9.17, 15) is 4.79 Å². The van der Waals surface area contributed by atoms with Crippen LogP contribution < -0.4 is 10.6 Å². The zero-order chi connectivity index (χ0) is 19.2. The minimum atomic E-state index is -0.0970. The molecule has 0 aliphatic carbocycles. The Labute approximate surface area is 157 Å². The molecule has 1 heterocycles. The van der Waals surface area contributed by atoms with Gasteiger partial charge >= 0.3 is 5.97 Å². The molecule has 1 aromatic rings. The fraction of sp³-hybridized carbons (Fsp3) is 0.737. The number of nitrogens with zero attached hydrogens (tertiary/aromatic N) is 2. The third-order valence-electron chi connectivity index (χ3n) is 3.81. The van der Waals surface area contributed by atoms with Gasteiger partial charge in [-0.3, -0.25) is 4.79 Å². The number of esters is 1. The first kappa shape index (κ1) is 22.0. The molecule has 0 saturated heterocycles. The van der Waals surface area contributed by atoms with E-state index < -0.39 is 0 Å². The third-order valence-corrected chi connectivity index (χ3v) is 3.81. The van der Waals surface area contributed by atoms with Crippen LogP contribution in [0.2, 0.25) is 0 Å². The van der Waals surface area contributed by atoms with Gasteiger partial charge in [0, 0.05) is 25.6 Å². The largest absolute Gasteiger partial charge is 0.466 e. The van der Waals surface area contributed by atoms with E-state index >= 15 is 0 Å². The maximum absolute atomic E-state index is 11.3. The van der Waals surface area contributed by atoms with E-state index in [1.807, 2.05) is 19.9 Å². The summed E-state index contributed by atoms with van der Waals surface area (Å²) in [6.07, 6.45) is 4.54. The molecule has 0 saturated carbocycles. The molecule has 7 nitrogen and oxygen atoms in total. The first-order chi connectivity index (χ1) is 12.6. The van der Waals surface area contributed by atoms with Crippen LogP contribution in [-0.4, -0.2) is 36.8 Å². The van der Waals surface area contributed by atoms with E-state index in [2.05, 4.69) is 34.6 Å². The highest BCUT2D eigenvalue weighted by Gasteiger charge is 2.07. The quantitative estimate of drug-likeness (QED) is 0.255. The standard InChI is InChI=1S/C19H34N4O3/c1-5-20-19(22-14-16-13-17(15(3)4)23-26-16)21-12-10-8-7-9-11-18(24)25-6-2/h13,15H,5-12,14H2,1-4H3,(H2,20,21,22). The summed E-state index contributed by atoms with van der Waals surface area (Å²) in [6, 6.07) is 1.96. The van der Waals surface area contributed by atoms with Crippen molar-refractivity contribution in [1.82, 2.24) is 15.8 Å². The third kappa shape index (κ3) is 9.44. The molecule has 2 N–H and O–H groups in total. The van der Waals surface area contributed by atoms with Crippen LogP contribution in [0.1, 0.15) is 77.2 Å². The molecule has 0 atom stereocenters. The maximum atomic E-state index is 11.3. The van der Waals surface area contributed by atoms with E-state index in [4.69, 9.17) is 9.26 Å². The first-order valence-corrected chi connectivity index (χ1v) is 9.70. The van der Waals surface area contributed by atoms with Crippen molar-refractivity contribution in [3.05, 3.63) is 17.5 Å². The Morgan fingerprint density at radius 1 is 1.23 bits per heavy atom. The van der Waals surface area contributed by atoms with Crippen molar-refractivity contribution in [1.29, 1.82) is 0 Å². The monoisotopic (exact) mass is 366 g/mol. The van der Waals surface area contributed by atoms with Gasteiger partial charge in [-0.1, -0.05) is 31.8 Å². The van der Waals surface area contributed by atoms with Gasteiger partial charge in [0.1, 0.15) is 6.54 Å². The van der Waals surface area contributed by atoms with Gasteiger partial charge in [0.15, 0.2) is 11.7 Å². The number of hydrogen-bond donors (Lipinski definition) is 2. The van der Waals surface area contributed by atoms with Gasteiger partial charge in [-0.05, 0) is 32.6 Å². The molecule has 7 heteroatoms. The lowest BCUT2D eigenvalue weighted by Crippen LogP contribution is -2.37. The second-order valence-corrected chi connectivity index (χ2v) is 6.46. The van der Waals surface area contributed by atoms with E-state index in [1.54, 1.807) is 0 Å². The number of aliphatic imine (C=N–C) groups is 1. The molecule has 0 radical (unpaired) electrons. The molecule has 0 aliphatic heterocycles. The molecule has 0 spiro atoms. The molecule has 26 heavy (non-hydrogen) atoms. The predicted molar refractivity (Wildman–Crippen MR) is 103 cm³/mol. The number of guanidine groups is 1. The lowest BCUT2D eigenvalue weighted by atomic mass is 10.1. The molecule has 0 aliphatic rings. The van der Waals surface area contributed by atoms with Crippen molar-refractivity contribution in [3.63, 3.8) is 0 Å². The zero-order valence-electron chi connectivity index (χ0n) is 16.6. The molecule has 148 valence electrons. The number of rotatable bonds is 12. The van der Waals surface area contributed by atoms with Crippen molar-refractivity contribution >= 4 is 11.9 Å². The van der Waals surface area contributed by atoms with Gasteiger partial charge in [-0.25, -0.2) is 4.99 Å². The number of carbonyl (C=O) groups excluding carboxylic acids is 1. The average molecular weight is 367 g/mol. The Morgan fingerprint density at radius 3 is 2.65 bits per heavy atom. The van der Waals surface area contributed by atoms with Crippen molar-refractivity contribution < 1.29 is 14.1 Å². The highest BCUT2D eigenvalue weighted by atomic mass is 16.5. The number of carbonyl (C=O) groups is 1. The van der Waals surface area contributed by atoms with E-state index in [-0.39, 0.29) is 5.97 Å². The van der Waals surface area contributed by atoms with E-state index in [1.165, 1.54) is 0 Å². The molecule has 1 rings (SSSR count). The summed E-state index contributed by atoms with van der Waals surface area (Å²) in [7, 11) is 0. The van der Waals surface area contributed by atoms with Crippen molar-refractivity contribution in [2.45, 2.75) is 72.3 Å². The number of aromatic nitrogens is 1. The second-order valence-electron chi connectivity index (χ2n) is 6.46. The number of unbranched alkanes of at least 4 members (excludes halogenated alkanes) is 3. The fourth-order valence-electron chi connectivity index (χ4n) is 2.36. The molecule has 0 amide bonds. The van der Waals surface area contributed by atoms with Gasteiger partial charge < -0.3 is 19.9 Å². The summed E-state index contributed by atoms with van der Waals surface area (Å²) < 4.78 is 10.2. The fourth-order valence-corrected chi connectivity index (χ4v) is 2.36. The summed E-state index contributed by atoms with van der Waals surface area (Å²) in [5.74, 6) is 1.80. The van der Waals surface area contributed by atoms with E-state index in [0.29, 0.717) is 25.5 Å². The van der Waals surface area contributed by atoms with Crippen LogP contribution in [0.15, 0.2) is 15.6 Å². The topological polar surface area (TPSA) is 88.8 Å². The number of hydrogen-bond acceptors (Lipinski definition) is 5. The van der Waals surface area contributed by atoms with Gasteiger partial charge in [0.25, 0.3) is 0 Å². The Hall–Kier alpha value is -2.05. The van der Waals surface area contributed by atoms with Crippen LogP contribution in [0.3, 0.4) is 0 Å². The first-order valence-electron chi connectivity index (χ1n) is 9.70. The molecular weight excluding hydrogens is 332 g/mol. The van der Waals surface area contributed by atoms with Crippen molar-refractivity contribution in [2.24, 2.45) is 4.99 Å². The summed E-state index contributed by atoms with van der Waals surface area (Å²) in [6.45, 7) is 10.6. The maximum Gasteiger partial charge on any atom is 0.305 e. The van der Waals surface area contributed by atoms with Crippen LogP contribution in [0.4, 0.5) is 0 Å². The highest BCUT2D eigenvalue weighted by Crippen LogP contribution is 2.14. The molecule has 0 aromatic carbocycles. The molecule has 0 fully saturated rings.